The number of carbonyl (C=O) groups excluding carboxylic acids is 1. The maximum atomic E-state index is 13.2. The summed E-state index contributed by atoms with van der Waals surface area (Å²) in [6.45, 7) is 1.67. The number of aromatic nitrogens is 1. The van der Waals surface area contributed by atoms with Gasteiger partial charge in [0.2, 0.25) is 5.76 Å². The summed E-state index contributed by atoms with van der Waals surface area (Å²) in [5.41, 5.74) is 6.21. The standard InChI is InChI=1S/C12H11FN4O3/c1-6-4-10(20-17-6)12(18)15-9-3-2-7(13)5-8(9)11(14)16-19/h2-5,19H,1H3,(H2,14,16)(H,15,18). The first-order valence-corrected chi connectivity index (χ1v) is 5.53. The van der Waals surface area contributed by atoms with Crippen molar-refractivity contribution >= 4 is 17.4 Å². The summed E-state index contributed by atoms with van der Waals surface area (Å²) in [4.78, 5) is 11.9. The number of nitrogens with two attached hydrogens (primary N) is 1. The molecule has 1 amide bonds. The van der Waals surface area contributed by atoms with Crippen molar-refractivity contribution in [2.75, 3.05) is 5.32 Å². The average Bonchev–Trinajstić information content (AvgIpc) is 2.86. The number of amides is 1. The van der Waals surface area contributed by atoms with E-state index in [1.54, 1.807) is 6.92 Å². The number of aryl methyl sites for hydroxylation is 1. The minimum absolute atomic E-state index is 0.00252. The van der Waals surface area contributed by atoms with Crippen LogP contribution in [0.3, 0.4) is 0 Å². The quantitative estimate of drug-likeness (QED) is 0.340. The molecule has 0 bridgehead atoms. The molecule has 0 saturated heterocycles. The molecule has 0 atom stereocenters. The molecule has 0 spiro atoms. The molecule has 0 aliphatic rings. The van der Waals surface area contributed by atoms with Crippen LogP contribution >= 0.6 is 0 Å². The van der Waals surface area contributed by atoms with E-state index in [2.05, 4.69) is 15.6 Å². The van der Waals surface area contributed by atoms with E-state index in [1.165, 1.54) is 12.1 Å². The predicted molar refractivity (Wildman–Crippen MR) is 68.1 cm³/mol. The van der Waals surface area contributed by atoms with Gasteiger partial charge in [-0.25, -0.2) is 4.39 Å². The van der Waals surface area contributed by atoms with Gasteiger partial charge in [-0.3, -0.25) is 4.79 Å². The van der Waals surface area contributed by atoms with Crippen LogP contribution in [0.5, 0.6) is 0 Å². The Bertz CT molecular complexity index is 681. The van der Waals surface area contributed by atoms with Gasteiger partial charge in [-0.05, 0) is 25.1 Å². The van der Waals surface area contributed by atoms with Crippen molar-refractivity contribution in [3.05, 3.63) is 47.1 Å². The fraction of sp³-hybridized carbons (Fsp3) is 0.0833. The highest BCUT2D eigenvalue weighted by Crippen LogP contribution is 2.18. The number of anilines is 1. The molecular weight excluding hydrogens is 267 g/mol. The molecule has 0 radical (unpaired) electrons. The number of nitrogens with one attached hydrogen (secondary N) is 1. The van der Waals surface area contributed by atoms with Gasteiger partial charge in [0.25, 0.3) is 5.91 Å². The zero-order valence-electron chi connectivity index (χ0n) is 10.4. The molecule has 0 aliphatic heterocycles. The monoisotopic (exact) mass is 278 g/mol. The van der Waals surface area contributed by atoms with Gasteiger partial charge in [0.05, 0.1) is 11.4 Å². The van der Waals surface area contributed by atoms with Crippen molar-refractivity contribution in [3.63, 3.8) is 0 Å². The largest absolute Gasteiger partial charge is 0.409 e. The van der Waals surface area contributed by atoms with E-state index in [-0.39, 0.29) is 22.8 Å². The highest BCUT2D eigenvalue weighted by Gasteiger charge is 2.15. The summed E-state index contributed by atoms with van der Waals surface area (Å²) >= 11 is 0. The first-order chi connectivity index (χ1) is 9.51. The van der Waals surface area contributed by atoms with E-state index in [4.69, 9.17) is 15.5 Å². The number of oxime groups is 1. The summed E-state index contributed by atoms with van der Waals surface area (Å²) in [5.74, 6) is -1.49. The van der Waals surface area contributed by atoms with Crippen LogP contribution in [0.4, 0.5) is 10.1 Å². The van der Waals surface area contributed by atoms with Crippen LogP contribution in [0.2, 0.25) is 0 Å². The first kappa shape index (κ1) is 13.5. The van der Waals surface area contributed by atoms with Crippen LogP contribution in [-0.4, -0.2) is 22.1 Å². The number of halogens is 1. The van der Waals surface area contributed by atoms with Crippen LogP contribution in [0, 0.1) is 12.7 Å². The van der Waals surface area contributed by atoms with Crippen LogP contribution < -0.4 is 11.1 Å². The van der Waals surface area contributed by atoms with E-state index in [9.17, 15) is 9.18 Å². The maximum Gasteiger partial charge on any atom is 0.294 e. The minimum Gasteiger partial charge on any atom is -0.409 e. The van der Waals surface area contributed by atoms with Gasteiger partial charge in [0.15, 0.2) is 5.84 Å². The molecule has 1 heterocycles. The van der Waals surface area contributed by atoms with Crippen LogP contribution in [-0.2, 0) is 0 Å². The lowest BCUT2D eigenvalue weighted by atomic mass is 10.1. The Morgan fingerprint density at radius 3 is 2.85 bits per heavy atom. The molecule has 0 fully saturated rings. The lowest BCUT2D eigenvalue weighted by Gasteiger charge is -2.08. The second-order valence-electron chi connectivity index (χ2n) is 3.96. The number of amidine groups is 1. The van der Waals surface area contributed by atoms with Gasteiger partial charge < -0.3 is 20.8 Å². The number of hydrogen-bond donors (Lipinski definition) is 3. The number of benzene rings is 1. The molecule has 20 heavy (non-hydrogen) atoms. The normalized spacial score (nSPS) is 11.4. The fourth-order valence-electron chi connectivity index (χ4n) is 1.55. The zero-order valence-corrected chi connectivity index (χ0v) is 10.4. The van der Waals surface area contributed by atoms with Crippen molar-refractivity contribution in [3.8, 4) is 0 Å². The van der Waals surface area contributed by atoms with Gasteiger partial charge >= 0.3 is 0 Å². The fourth-order valence-corrected chi connectivity index (χ4v) is 1.55. The topological polar surface area (TPSA) is 114 Å². The van der Waals surface area contributed by atoms with Gasteiger partial charge in [-0.15, -0.1) is 0 Å². The summed E-state index contributed by atoms with van der Waals surface area (Å²) in [6.07, 6.45) is 0. The molecule has 1 aromatic carbocycles. The van der Waals surface area contributed by atoms with Crippen LogP contribution in [0.25, 0.3) is 0 Å². The molecule has 0 unspecified atom stereocenters. The highest BCUT2D eigenvalue weighted by molar-refractivity contribution is 6.08. The maximum absolute atomic E-state index is 13.2. The average molecular weight is 278 g/mol. The minimum atomic E-state index is -0.583. The lowest BCUT2D eigenvalue weighted by molar-refractivity contribution is 0.0988. The van der Waals surface area contributed by atoms with Crippen molar-refractivity contribution in [2.24, 2.45) is 10.9 Å². The number of rotatable bonds is 3. The van der Waals surface area contributed by atoms with Gasteiger partial charge in [-0.1, -0.05) is 10.3 Å². The van der Waals surface area contributed by atoms with E-state index < -0.39 is 11.7 Å². The van der Waals surface area contributed by atoms with Gasteiger partial charge in [-0.2, -0.15) is 0 Å². The van der Waals surface area contributed by atoms with E-state index in [0.717, 1.165) is 12.1 Å². The van der Waals surface area contributed by atoms with Gasteiger partial charge in [0, 0.05) is 11.6 Å². The summed E-state index contributed by atoms with van der Waals surface area (Å²) in [5, 5.41) is 17.5. The van der Waals surface area contributed by atoms with Crippen molar-refractivity contribution in [1.29, 1.82) is 0 Å². The Kier molecular flexibility index (Phi) is 3.65. The van der Waals surface area contributed by atoms with Crippen molar-refractivity contribution in [2.45, 2.75) is 6.92 Å². The molecule has 1 aromatic heterocycles. The van der Waals surface area contributed by atoms with Crippen LogP contribution in [0.1, 0.15) is 21.8 Å². The zero-order chi connectivity index (χ0) is 14.7. The smallest absolute Gasteiger partial charge is 0.294 e. The molecule has 0 saturated carbocycles. The predicted octanol–water partition coefficient (Wildman–Crippen LogP) is 1.47. The second kappa shape index (κ2) is 5.39. The SMILES string of the molecule is Cc1cc(C(=O)Nc2ccc(F)cc2/C(N)=N/O)on1. The number of nitrogens with zero attached hydrogens (tertiary/aromatic N) is 2. The number of carbonyl (C=O) groups is 1. The molecular formula is C12H11FN4O3. The van der Waals surface area contributed by atoms with E-state index >= 15 is 0 Å². The molecule has 104 valence electrons. The Hall–Kier alpha value is -2.90. The lowest BCUT2D eigenvalue weighted by Crippen LogP contribution is -2.19. The molecule has 4 N–H and O–H groups in total. The third-order valence-electron chi connectivity index (χ3n) is 2.47. The Balaban J connectivity index is 2.32. The number of hydrogen-bond acceptors (Lipinski definition) is 5. The summed E-state index contributed by atoms with van der Waals surface area (Å²) in [7, 11) is 0. The van der Waals surface area contributed by atoms with Gasteiger partial charge in [0.1, 0.15) is 5.82 Å². The van der Waals surface area contributed by atoms with Crippen molar-refractivity contribution in [1.82, 2.24) is 5.16 Å². The summed E-state index contributed by atoms with van der Waals surface area (Å²) < 4.78 is 18.0. The van der Waals surface area contributed by atoms with E-state index in [0.29, 0.717) is 5.69 Å². The van der Waals surface area contributed by atoms with Crippen molar-refractivity contribution < 1.29 is 18.9 Å². The molecule has 2 aromatic rings. The highest BCUT2D eigenvalue weighted by atomic mass is 19.1. The summed E-state index contributed by atoms with van der Waals surface area (Å²) in [6, 6.07) is 4.91. The molecule has 2 rings (SSSR count). The third kappa shape index (κ3) is 2.74. The Morgan fingerprint density at radius 2 is 2.25 bits per heavy atom. The Labute approximate surface area is 112 Å². The van der Waals surface area contributed by atoms with Crippen LogP contribution in [0.15, 0.2) is 33.9 Å². The molecule has 8 heteroatoms. The molecule has 7 nitrogen and oxygen atoms in total. The Morgan fingerprint density at radius 1 is 1.50 bits per heavy atom. The third-order valence-corrected chi connectivity index (χ3v) is 2.47. The second-order valence-corrected chi connectivity index (χ2v) is 3.96. The first-order valence-electron chi connectivity index (χ1n) is 5.53. The van der Waals surface area contributed by atoms with E-state index in [1.807, 2.05) is 0 Å². The molecule has 0 aliphatic carbocycles.